The van der Waals surface area contributed by atoms with Crippen molar-refractivity contribution in [3.8, 4) is 11.3 Å². The number of amides is 1. The Morgan fingerprint density at radius 3 is 2.62 bits per heavy atom. The number of benzene rings is 1. The van der Waals surface area contributed by atoms with Gasteiger partial charge in [-0.25, -0.2) is 4.98 Å². The normalized spacial score (nSPS) is 10.7. The van der Waals surface area contributed by atoms with Crippen LogP contribution in [0.15, 0.2) is 48.8 Å². The van der Waals surface area contributed by atoms with E-state index >= 15 is 0 Å². The minimum atomic E-state index is -0.108. The van der Waals surface area contributed by atoms with E-state index in [-0.39, 0.29) is 5.91 Å². The summed E-state index contributed by atoms with van der Waals surface area (Å²) in [6.07, 6.45) is 4.80. The molecule has 0 unspecified atom stereocenters. The fourth-order valence-electron chi connectivity index (χ4n) is 2.83. The SMILES string of the molecule is Cc1cnc(C(=O)N(C)CCCc2cc(-c3ccccc3)n(C)n2)cn1. The van der Waals surface area contributed by atoms with E-state index in [0.717, 1.165) is 35.5 Å². The molecule has 3 aromatic rings. The van der Waals surface area contributed by atoms with Crippen LogP contribution in [0, 0.1) is 6.92 Å². The third kappa shape index (κ3) is 4.14. The van der Waals surface area contributed by atoms with E-state index in [1.807, 2.05) is 36.9 Å². The van der Waals surface area contributed by atoms with Crippen LogP contribution in [0.1, 0.15) is 28.3 Å². The summed E-state index contributed by atoms with van der Waals surface area (Å²) >= 11 is 0. The Morgan fingerprint density at radius 1 is 1.15 bits per heavy atom. The highest BCUT2D eigenvalue weighted by Crippen LogP contribution is 2.20. The van der Waals surface area contributed by atoms with E-state index in [1.54, 1.807) is 18.1 Å². The zero-order valence-corrected chi connectivity index (χ0v) is 15.4. The average Bonchev–Trinajstić information content (AvgIpc) is 3.03. The van der Waals surface area contributed by atoms with Crippen LogP contribution in [0.4, 0.5) is 0 Å². The van der Waals surface area contributed by atoms with Crippen molar-refractivity contribution in [1.29, 1.82) is 0 Å². The summed E-state index contributed by atoms with van der Waals surface area (Å²) in [4.78, 5) is 22.3. The third-order valence-electron chi connectivity index (χ3n) is 4.27. The van der Waals surface area contributed by atoms with Crippen LogP contribution in [0.3, 0.4) is 0 Å². The van der Waals surface area contributed by atoms with Crippen molar-refractivity contribution < 1.29 is 4.79 Å². The monoisotopic (exact) mass is 349 g/mol. The molecule has 0 spiro atoms. The van der Waals surface area contributed by atoms with Crippen molar-refractivity contribution in [3.05, 3.63) is 65.9 Å². The number of nitrogens with zero attached hydrogens (tertiary/aromatic N) is 5. The highest BCUT2D eigenvalue weighted by atomic mass is 16.2. The average molecular weight is 349 g/mol. The highest BCUT2D eigenvalue weighted by Gasteiger charge is 2.14. The molecule has 0 bridgehead atoms. The molecule has 0 aliphatic heterocycles. The number of rotatable bonds is 6. The van der Waals surface area contributed by atoms with Gasteiger partial charge in [0.2, 0.25) is 0 Å². The molecule has 0 N–H and O–H groups in total. The lowest BCUT2D eigenvalue weighted by molar-refractivity contribution is 0.0787. The van der Waals surface area contributed by atoms with Crippen LogP contribution in [0.2, 0.25) is 0 Å². The molecule has 0 fully saturated rings. The fraction of sp³-hybridized carbons (Fsp3) is 0.300. The molecule has 6 nitrogen and oxygen atoms in total. The Morgan fingerprint density at radius 2 is 1.92 bits per heavy atom. The van der Waals surface area contributed by atoms with Gasteiger partial charge < -0.3 is 4.90 Å². The topological polar surface area (TPSA) is 63.9 Å². The molecule has 134 valence electrons. The molecule has 0 saturated heterocycles. The number of aryl methyl sites for hydroxylation is 3. The van der Waals surface area contributed by atoms with Crippen LogP contribution in [-0.2, 0) is 13.5 Å². The maximum atomic E-state index is 12.3. The first-order valence-electron chi connectivity index (χ1n) is 8.67. The summed E-state index contributed by atoms with van der Waals surface area (Å²) in [6.45, 7) is 2.49. The van der Waals surface area contributed by atoms with Crippen molar-refractivity contribution >= 4 is 5.91 Å². The van der Waals surface area contributed by atoms with Gasteiger partial charge in [-0.15, -0.1) is 0 Å². The maximum absolute atomic E-state index is 12.3. The van der Waals surface area contributed by atoms with Crippen LogP contribution >= 0.6 is 0 Å². The van der Waals surface area contributed by atoms with Gasteiger partial charge in [0.05, 0.1) is 23.3 Å². The smallest absolute Gasteiger partial charge is 0.273 e. The Kier molecular flexibility index (Phi) is 5.41. The lowest BCUT2D eigenvalue weighted by Crippen LogP contribution is -2.29. The van der Waals surface area contributed by atoms with E-state index in [1.165, 1.54) is 6.20 Å². The van der Waals surface area contributed by atoms with Crippen molar-refractivity contribution in [2.24, 2.45) is 7.05 Å². The molecule has 26 heavy (non-hydrogen) atoms. The van der Waals surface area contributed by atoms with Gasteiger partial charge in [0, 0.05) is 26.8 Å². The molecule has 1 amide bonds. The zero-order valence-electron chi connectivity index (χ0n) is 15.4. The number of hydrogen-bond acceptors (Lipinski definition) is 4. The Hall–Kier alpha value is -3.02. The second-order valence-electron chi connectivity index (χ2n) is 6.38. The number of carbonyl (C=O) groups is 1. The summed E-state index contributed by atoms with van der Waals surface area (Å²) in [7, 11) is 3.75. The number of carbonyl (C=O) groups excluding carboxylic acids is 1. The first-order chi connectivity index (χ1) is 12.5. The molecule has 3 rings (SSSR count). The summed E-state index contributed by atoms with van der Waals surface area (Å²) < 4.78 is 1.90. The quantitative estimate of drug-likeness (QED) is 0.686. The van der Waals surface area contributed by atoms with Crippen LogP contribution in [0.5, 0.6) is 0 Å². The fourth-order valence-corrected chi connectivity index (χ4v) is 2.83. The first-order valence-corrected chi connectivity index (χ1v) is 8.67. The van der Waals surface area contributed by atoms with Gasteiger partial charge in [-0.05, 0) is 31.4 Å². The molecular formula is C20H23N5O. The standard InChI is InChI=1S/C20H23N5O/c1-15-13-22-18(14-21-15)20(26)24(2)11-7-10-17-12-19(25(3)23-17)16-8-5-4-6-9-16/h4-6,8-9,12-14H,7,10-11H2,1-3H3. The Balaban J connectivity index is 1.56. The minimum absolute atomic E-state index is 0.108. The predicted molar refractivity (Wildman–Crippen MR) is 101 cm³/mol. The molecular weight excluding hydrogens is 326 g/mol. The number of hydrogen-bond donors (Lipinski definition) is 0. The minimum Gasteiger partial charge on any atom is -0.340 e. The van der Waals surface area contributed by atoms with Crippen molar-refractivity contribution in [3.63, 3.8) is 0 Å². The molecule has 2 heterocycles. The van der Waals surface area contributed by atoms with Crippen LogP contribution < -0.4 is 0 Å². The van der Waals surface area contributed by atoms with Gasteiger partial charge in [-0.1, -0.05) is 30.3 Å². The second-order valence-corrected chi connectivity index (χ2v) is 6.38. The van der Waals surface area contributed by atoms with Crippen LogP contribution in [-0.4, -0.2) is 44.1 Å². The second kappa shape index (κ2) is 7.91. The molecule has 0 atom stereocenters. The van der Waals surface area contributed by atoms with E-state index in [2.05, 4.69) is 33.3 Å². The zero-order chi connectivity index (χ0) is 18.5. The van der Waals surface area contributed by atoms with Crippen molar-refractivity contribution in [2.75, 3.05) is 13.6 Å². The summed E-state index contributed by atoms with van der Waals surface area (Å²) in [5.41, 5.74) is 4.46. The maximum Gasteiger partial charge on any atom is 0.273 e. The van der Waals surface area contributed by atoms with Crippen molar-refractivity contribution in [2.45, 2.75) is 19.8 Å². The number of aromatic nitrogens is 4. The molecule has 1 aromatic carbocycles. The van der Waals surface area contributed by atoms with E-state index in [0.29, 0.717) is 12.2 Å². The molecule has 0 aliphatic carbocycles. The van der Waals surface area contributed by atoms with Gasteiger partial charge in [-0.3, -0.25) is 14.5 Å². The van der Waals surface area contributed by atoms with E-state index in [4.69, 9.17) is 0 Å². The molecule has 6 heteroatoms. The molecule has 0 aliphatic rings. The van der Waals surface area contributed by atoms with E-state index < -0.39 is 0 Å². The van der Waals surface area contributed by atoms with Crippen LogP contribution in [0.25, 0.3) is 11.3 Å². The Labute approximate surface area is 153 Å². The highest BCUT2D eigenvalue weighted by molar-refractivity contribution is 5.91. The van der Waals surface area contributed by atoms with Gasteiger partial charge in [-0.2, -0.15) is 5.10 Å². The summed E-state index contributed by atoms with van der Waals surface area (Å²) in [5.74, 6) is -0.108. The van der Waals surface area contributed by atoms with E-state index in [9.17, 15) is 4.79 Å². The van der Waals surface area contributed by atoms with Gasteiger partial charge in [0.25, 0.3) is 5.91 Å². The van der Waals surface area contributed by atoms with Gasteiger partial charge >= 0.3 is 0 Å². The molecule has 0 radical (unpaired) electrons. The lowest BCUT2D eigenvalue weighted by atomic mass is 10.1. The van der Waals surface area contributed by atoms with Gasteiger partial charge in [0.15, 0.2) is 0 Å². The summed E-state index contributed by atoms with van der Waals surface area (Å²) in [5, 5.41) is 4.59. The summed E-state index contributed by atoms with van der Waals surface area (Å²) in [6, 6.07) is 12.3. The first kappa shape index (κ1) is 17.8. The lowest BCUT2D eigenvalue weighted by Gasteiger charge is -2.16. The predicted octanol–water partition coefficient (Wildman–Crippen LogP) is 2.89. The largest absolute Gasteiger partial charge is 0.340 e. The third-order valence-corrected chi connectivity index (χ3v) is 4.27. The molecule has 0 saturated carbocycles. The Bertz CT molecular complexity index is 871. The van der Waals surface area contributed by atoms with Crippen molar-refractivity contribution in [1.82, 2.24) is 24.6 Å². The van der Waals surface area contributed by atoms with Gasteiger partial charge in [0.1, 0.15) is 5.69 Å². The molecule has 2 aromatic heterocycles.